The Morgan fingerprint density at radius 3 is 2.00 bits per heavy atom. The third-order valence-corrected chi connectivity index (χ3v) is 1.73. The Morgan fingerprint density at radius 1 is 1.12 bits per heavy atom. The van der Waals surface area contributed by atoms with Crippen LogP contribution in [-0.2, 0) is 4.74 Å². The van der Waals surface area contributed by atoms with Gasteiger partial charge in [0.2, 0.25) is 0 Å². The van der Waals surface area contributed by atoms with Crippen LogP contribution >= 0.6 is 0 Å². The molecule has 0 spiro atoms. The molecule has 1 N–H and O–H groups in total. The van der Waals surface area contributed by atoms with Crippen LogP contribution in [0.5, 0.6) is 0 Å². The van der Waals surface area contributed by atoms with Gasteiger partial charge < -0.3 is 9.84 Å². The van der Waals surface area contributed by atoms with Crippen molar-refractivity contribution < 1.29 is 32.6 Å². The van der Waals surface area contributed by atoms with E-state index in [9.17, 15) is 22.8 Å². The second-order valence-corrected chi connectivity index (χ2v) is 3.07. The summed E-state index contributed by atoms with van der Waals surface area (Å²) in [5.41, 5.74) is -0.211. The number of alkyl halides is 3. The molecule has 0 heterocycles. The molecular formula is C10H7F3O4. The summed E-state index contributed by atoms with van der Waals surface area (Å²) in [7, 11) is 0. The Kier molecular flexibility index (Phi) is 3.72. The predicted molar refractivity (Wildman–Crippen MR) is 49.7 cm³/mol. The molecule has 0 saturated carbocycles. The van der Waals surface area contributed by atoms with Crippen LogP contribution in [0.3, 0.4) is 0 Å². The van der Waals surface area contributed by atoms with E-state index in [0.29, 0.717) is 0 Å². The number of halogens is 3. The molecule has 0 aliphatic heterocycles. The van der Waals surface area contributed by atoms with Crippen LogP contribution in [-0.4, -0.2) is 29.8 Å². The average molecular weight is 248 g/mol. The summed E-state index contributed by atoms with van der Waals surface area (Å²) in [5.74, 6) is -2.35. The lowest BCUT2D eigenvalue weighted by atomic mass is 10.1. The van der Waals surface area contributed by atoms with Crippen LogP contribution in [0.4, 0.5) is 13.2 Å². The normalized spacial score (nSPS) is 11.0. The summed E-state index contributed by atoms with van der Waals surface area (Å²) in [6.07, 6.45) is -4.59. The van der Waals surface area contributed by atoms with Crippen LogP contribution in [0.15, 0.2) is 24.3 Å². The minimum absolute atomic E-state index is 0.0719. The van der Waals surface area contributed by atoms with Crippen molar-refractivity contribution in [1.29, 1.82) is 0 Å². The Morgan fingerprint density at radius 2 is 1.59 bits per heavy atom. The highest BCUT2D eigenvalue weighted by Crippen LogP contribution is 2.15. The van der Waals surface area contributed by atoms with Crippen molar-refractivity contribution in [2.24, 2.45) is 0 Å². The molecule has 0 atom stereocenters. The largest absolute Gasteiger partial charge is 0.478 e. The van der Waals surface area contributed by atoms with E-state index in [1.54, 1.807) is 0 Å². The number of rotatable bonds is 3. The number of benzene rings is 1. The standard InChI is InChI=1S/C10H7F3O4/c11-10(12,13)5-17-9(16)7-3-1-6(2-4-7)8(14)15/h1-4H,5H2,(H,14,15). The third kappa shape index (κ3) is 4.13. The van der Waals surface area contributed by atoms with E-state index in [1.165, 1.54) is 0 Å². The third-order valence-electron chi connectivity index (χ3n) is 1.73. The minimum Gasteiger partial charge on any atom is -0.478 e. The molecule has 4 nitrogen and oxygen atoms in total. The lowest BCUT2D eigenvalue weighted by Gasteiger charge is -2.07. The first-order valence-electron chi connectivity index (χ1n) is 4.37. The van der Waals surface area contributed by atoms with Crippen LogP contribution in [0.2, 0.25) is 0 Å². The molecule has 0 bridgehead atoms. The molecule has 0 amide bonds. The Bertz CT molecular complexity index is 422. The number of ether oxygens (including phenoxy) is 1. The lowest BCUT2D eigenvalue weighted by Crippen LogP contribution is -2.20. The van der Waals surface area contributed by atoms with Crippen molar-refractivity contribution in [3.05, 3.63) is 35.4 Å². The molecule has 92 valence electrons. The SMILES string of the molecule is O=C(O)c1ccc(C(=O)OCC(F)(F)F)cc1. The predicted octanol–water partition coefficient (Wildman–Crippen LogP) is 2.10. The van der Waals surface area contributed by atoms with Gasteiger partial charge in [0.05, 0.1) is 11.1 Å². The number of carboxylic acids is 1. The number of hydrogen-bond donors (Lipinski definition) is 1. The van der Waals surface area contributed by atoms with Crippen LogP contribution in [0, 0.1) is 0 Å². The molecule has 0 fully saturated rings. The molecule has 0 saturated heterocycles. The highest BCUT2D eigenvalue weighted by Gasteiger charge is 2.29. The highest BCUT2D eigenvalue weighted by atomic mass is 19.4. The zero-order chi connectivity index (χ0) is 13.1. The first-order valence-corrected chi connectivity index (χ1v) is 4.37. The quantitative estimate of drug-likeness (QED) is 0.832. The number of aromatic carboxylic acids is 1. The van der Waals surface area contributed by atoms with Crippen molar-refractivity contribution in [3.63, 3.8) is 0 Å². The monoisotopic (exact) mass is 248 g/mol. The first-order chi connectivity index (χ1) is 7.79. The van der Waals surface area contributed by atoms with Gasteiger partial charge in [0.25, 0.3) is 0 Å². The van der Waals surface area contributed by atoms with Gasteiger partial charge in [-0.05, 0) is 24.3 Å². The molecule has 0 aliphatic rings. The number of carboxylic acid groups (broad SMARTS) is 1. The summed E-state index contributed by atoms with van der Waals surface area (Å²) in [4.78, 5) is 21.6. The number of hydrogen-bond acceptors (Lipinski definition) is 3. The molecule has 7 heteroatoms. The molecule has 17 heavy (non-hydrogen) atoms. The second kappa shape index (κ2) is 4.86. The second-order valence-electron chi connectivity index (χ2n) is 3.07. The highest BCUT2D eigenvalue weighted by molar-refractivity contribution is 5.92. The van der Waals surface area contributed by atoms with E-state index in [4.69, 9.17) is 5.11 Å². The van der Waals surface area contributed by atoms with E-state index < -0.39 is 24.7 Å². The van der Waals surface area contributed by atoms with E-state index in [2.05, 4.69) is 4.74 Å². The van der Waals surface area contributed by atoms with Crippen molar-refractivity contribution >= 4 is 11.9 Å². The molecule has 1 aromatic carbocycles. The summed E-state index contributed by atoms with van der Waals surface area (Å²) in [6, 6.07) is 4.38. The number of carbonyl (C=O) groups is 2. The smallest absolute Gasteiger partial charge is 0.422 e. The van der Waals surface area contributed by atoms with Gasteiger partial charge in [-0.25, -0.2) is 9.59 Å². The number of carbonyl (C=O) groups excluding carboxylic acids is 1. The van der Waals surface area contributed by atoms with Crippen LogP contribution in [0.1, 0.15) is 20.7 Å². The zero-order valence-electron chi connectivity index (χ0n) is 8.32. The maximum Gasteiger partial charge on any atom is 0.422 e. The van der Waals surface area contributed by atoms with E-state index in [1.807, 2.05) is 0 Å². The summed E-state index contributed by atoms with van der Waals surface area (Å²) >= 11 is 0. The number of esters is 1. The summed E-state index contributed by atoms with van der Waals surface area (Å²) in [6.45, 7) is -1.67. The molecule has 0 aliphatic carbocycles. The van der Waals surface area contributed by atoms with Crippen molar-refractivity contribution in [2.45, 2.75) is 6.18 Å². The maximum absolute atomic E-state index is 11.7. The zero-order valence-corrected chi connectivity index (χ0v) is 8.32. The lowest BCUT2D eigenvalue weighted by molar-refractivity contribution is -0.161. The fourth-order valence-electron chi connectivity index (χ4n) is 0.980. The van der Waals surface area contributed by atoms with E-state index >= 15 is 0 Å². The Balaban J connectivity index is 2.67. The Hall–Kier alpha value is -2.05. The first kappa shape index (κ1) is 13.0. The average Bonchev–Trinajstić information content (AvgIpc) is 2.25. The van der Waals surface area contributed by atoms with E-state index in [-0.39, 0.29) is 11.1 Å². The molecule has 0 unspecified atom stereocenters. The van der Waals surface area contributed by atoms with Gasteiger partial charge in [-0.3, -0.25) is 0 Å². The van der Waals surface area contributed by atoms with Crippen LogP contribution < -0.4 is 0 Å². The topological polar surface area (TPSA) is 63.6 Å². The molecule has 0 aromatic heterocycles. The van der Waals surface area contributed by atoms with Gasteiger partial charge in [0.1, 0.15) is 0 Å². The minimum atomic E-state index is -4.59. The van der Waals surface area contributed by atoms with Crippen LogP contribution in [0.25, 0.3) is 0 Å². The summed E-state index contributed by atoms with van der Waals surface area (Å²) < 4.78 is 39.2. The van der Waals surface area contributed by atoms with Crippen molar-refractivity contribution in [3.8, 4) is 0 Å². The molecule has 1 rings (SSSR count). The van der Waals surface area contributed by atoms with Gasteiger partial charge in [0, 0.05) is 0 Å². The van der Waals surface area contributed by atoms with Gasteiger partial charge in [0.15, 0.2) is 6.61 Å². The van der Waals surface area contributed by atoms with Gasteiger partial charge in [-0.2, -0.15) is 13.2 Å². The Labute approximate surface area is 93.6 Å². The fraction of sp³-hybridized carbons (Fsp3) is 0.200. The summed E-state index contributed by atoms with van der Waals surface area (Å²) in [5, 5.41) is 8.56. The molecule has 1 aromatic rings. The molecule has 0 radical (unpaired) electrons. The molecular weight excluding hydrogens is 241 g/mol. The maximum atomic E-state index is 11.7. The van der Waals surface area contributed by atoms with Crippen molar-refractivity contribution in [2.75, 3.05) is 6.61 Å². The van der Waals surface area contributed by atoms with Crippen molar-refractivity contribution in [1.82, 2.24) is 0 Å². The van der Waals surface area contributed by atoms with Gasteiger partial charge >= 0.3 is 18.1 Å². The fourth-order valence-corrected chi connectivity index (χ4v) is 0.980. The van der Waals surface area contributed by atoms with Gasteiger partial charge in [-0.15, -0.1) is 0 Å². The van der Waals surface area contributed by atoms with E-state index in [0.717, 1.165) is 24.3 Å². The van der Waals surface area contributed by atoms with Gasteiger partial charge in [-0.1, -0.05) is 0 Å².